The van der Waals surface area contributed by atoms with E-state index in [4.69, 9.17) is 4.74 Å². The van der Waals surface area contributed by atoms with Gasteiger partial charge in [0, 0.05) is 12.6 Å². The van der Waals surface area contributed by atoms with Crippen molar-refractivity contribution in [2.24, 2.45) is 5.92 Å². The van der Waals surface area contributed by atoms with Gasteiger partial charge in [0.25, 0.3) is 0 Å². The molecule has 0 bridgehead atoms. The zero-order valence-electron chi connectivity index (χ0n) is 7.01. The quantitative estimate of drug-likeness (QED) is 0.613. The van der Waals surface area contributed by atoms with Gasteiger partial charge in [0.2, 0.25) is 0 Å². The molecule has 2 aliphatic heterocycles. The van der Waals surface area contributed by atoms with E-state index in [0.717, 1.165) is 25.2 Å². The molecular weight excluding hydrogens is 138 g/mol. The molecule has 0 aromatic heterocycles. The van der Waals surface area contributed by atoms with Crippen LogP contribution in [0.4, 0.5) is 0 Å². The van der Waals surface area contributed by atoms with Crippen LogP contribution in [0, 0.1) is 5.92 Å². The fourth-order valence-corrected chi connectivity index (χ4v) is 2.20. The smallest absolute Gasteiger partial charge is 0.0509 e. The summed E-state index contributed by atoms with van der Waals surface area (Å²) in [5.74, 6) is 0.811. The van der Waals surface area contributed by atoms with Gasteiger partial charge in [-0.3, -0.25) is 0 Å². The highest BCUT2D eigenvalue weighted by atomic mass is 16.5. The Balaban J connectivity index is 1.82. The molecule has 0 aromatic rings. The highest BCUT2D eigenvalue weighted by Crippen LogP contribution is 2.22. The second-order valence-corrected chi connectivity index (χ2v) is 3.68. The number of rotatable bonds is 1. The van der Waals surface area contributed by atoms with E-state index in [-0.39, 0.29) is 0 Å². The van der Waals surface area contributed by atoms with E-state index in [1.807, 2.05) is 0 Å². The van der Waals surface area contributed by atoms with Gasteiger partial charge in [0.1, 0.15) is 0 Å². The second-order valence-electron chi connectivity index (χ2n) is 3.68. The molecule has 0 spiro atoms. The molecule has 0 unspecified atom stereocenters. The van der Waals surface area contributed by atoms with Crippen LogP contribution in [-0.2, 0) is 4.74 Å². The van der Waals surface area contributed by atoms with E-state index in [1.54, 1.807) is 0 Å². The van der Waals surface area contributed by atoms with Crippen LogP contribution in [0.15, 0.2) is 0 Å². The summed E-state index contributed by atoms with van der Waals surface area (Å²) in [5, 5.41) is 3.55. The largest absolute Gasteiger partial charge is 0.381 e. The first-order chi connectivity index (χ1) is 5.47. The van der Waals surface area contributed by atoms with Crippen LogP contribution in [-0.4, -0.2) is 25.8 Å². The maximum atomic E-state index is 5.45. The molecule has 0 aromatic carbocycles. The van der Waals surface area contributed by atoms with Crippen molar-refractivity contribution in [3.63, 3.8) is 0 Å². The Morgan fingerprint density at radius 3 is 2.82 bits per heavy atom. The predicted octanol–water partition coefficient (Wildman–Crippen LogP) is 1.17. The summed E-state index contributed by atoms with van der Waals surface area (Å²) in [6.45, 7) is 3.21. The normalized spacial score (nSPS) is 39.3. The molecular formula is C9H17NO. The van der Waals surface area contributed by atoms with Gasteiger partial charge in [0.15, 0.2) is 0 Å². The molecule has 2 rings (SSSR count). The first kappa shape index (κ1) is 7.56. The van der Waals surface area contributed by atoms with E-state index in [2.05, 4.69) is 5.32 Å². The van der Waals surface area contributed by atoms with E-state index < -0.39 is 0 Å². The molecule has 0 amide bonds. The summed E-state index contributed by atoms with van der Waals surface area (Å²) in [6.07, 6.45) is 5.37. The van der Waals surface area contributed by atoms with Crippen LogP contribution in [0.2, 0.25) is 0 Å². The second kappa shape index (κ2) is 3.55. The minimum atomic E-state index is 0.773. The lowest BCUT2D eigenvalue weighted by Crippen LogP contribution is -2.35. The Bertz CT molecular complexity index is 115. The van der Waals surface area contributed by atoms with E-state index in [0.29, 0.717) is 0 Å². The van der Waals surface area contributed by atoms with Gasteiger partial charge in [0.05, 0.1) is 6.61 Å². The van der Waals surface area contributed by atoms with Crippen molar-refractivity contribution in [2.75, 3.05) is 19.8 Å². The van der Waals surface area contributed by atoms with Crippen LogP contribution in [0.25, 0.3) is 0 Å². The first-order valence-electron chi connectivity index (χ1n) is 4.78. The maximum absolute atomic E-state index is 5.45. The third-order valence-electron chi connectivity index (χ3n) is 2.86. The van der Waals surface area contributed by atoms with Crippen molar-refractivity contribution >= 4 is 0 Å². The molecule has 11 heavy (non-hydrogen) atoms. The van der Waals surface area contributed by atoms with E-state index in [1.165, 1.54) is 32.2 Å². The average molecular weight is 155 g/mol. The van der Waals surface area contributed by atoms with Gasteiger partial charge in [-0.25, -0.2) is 0 Å². The summed E-state index contributed by atoms with van der Waals surface area (Å²) in [6, 6.07) is 0.773. The SMILES string of the molecule is C1COC[C@H]([C@@H]2CCCN2)C1. The summed E-state index contributed by atoms with van der Waals surface area (Å²) >= 11 is 0. The first-order valence-corrected chi connectivity index (χ1v) is 4.78. The topological polar surface area (TPSA) is 21.3 Å². The molecule has 0 aliphatic carbocycles. The van der Waals surface area contributed by atoms with E-state index in [9.17, 15) is 0 Å². The zero-order chi connectivity index (χ0) is 7.52. The maximum Gasteiger partial charge on any atom is 0.0509 e. The number of hydrogen-bond acceptors (Lipinski definition) is 2. The molecule has 2 heterocycles. The lowest BCUT2D eigenvalue weighted by molar-refractivity contribution is 0.0422. The summed E-state index contributed by atoms with van der Waals surface area (Å²) in [4.78, 5) is 0. The zero-order valence-corrected chi connectivity index (χ0v) is 7.01. The van der Waals surface area contributed by atoms with Crippen LogP contribution >= 0.6 is 0 Å². The lowest BCUT2D eigenvalue weighted by Gasteiger charge is -2.27. The third kappa shape index (κ3) is 1.74. The van der Waals surface area contributed by atoms with Gasteiger partial charge < -0.3 is 10.1 Å². The van der Waals surface area contributed by atoms with Gasteiger partial charge in [-0.05, 0) is 38.1 Å². The van der Waals surface area contributed by atoms with Crippen molar-refractivity contribution in [1.29, 1.82) is 0 Å². The third-order valence-corrected chi connectivity index (χ3v) is 2.86. The number of nitrogens with one attached hydrogen (secondary N) is 1. The molecule has 0 radical (unpaired) electrons. The van der Waals surface area contributed by atoms with Crippen LogP contribution in [0.3, 0.4) is 0 Å². The van der Waals surface area contributed by atoms with Crippen LogP contribution in [0.1, 0.15) is 25.7 Å². The number of ether oxygens (including phenoxy) is 1. The Labute approximate surface area is 68.3 Å². The minimum Gasteiger partial charge on any atom is -0.381 e. The van der Waals surface area contributed by atoms with Crippen molar-refractivity contribution in [2.45, 2.75) is 31.7 Å². The standard InChI is InChI=1S/C9H17NO/c1-4-9(10-5-1)8-3-2-6-11-7-8/h8-10H,1-7H2/t8-,9+/m1/s1. The monoisotopic (exact) mass is 155 g/mol. The van der Waals surface area contributed by atoms with Gasteiger partial charge >= 0.3 is 0 Å². The van der Waals surface area contributed by atoms with Crippen molar-refractivity contribution in [1.82, 2.24) is 5.32 Å². The van der Waals surface area contributed by atoms with Crippen LogP contribution < -0.4 is 5.32 Å². The minimum absolute atomic E-state index is 0.773. The molecule has 0 saturated carbocycles. The summed E-state index contributed by atoms with van der Waals surface area (Å²) in [7, 11) is 0. The highest BCUT2D eigenvalue weighted by molar-refractivity contribution is 4.82. The fraction of sp³-hybridized carbons (Fsp3) is 1.00. The Morgan fingerprint density at radius 1 is 1.18 bits per heavy atom. The van der Waals surface area contributed by atoms with Gasteiger partial charge in [-0.15, -0.1) is 0 Å². The molecule has 2 fully saturated rings. The average Bonchev–Trinajstić information content (AvgIpc) is 2.58. The summed E-state index contributed by atoms with van der Waals surface area (Å²) in [5.41, 5.74) is 0. The van der Waals surface area contributed by atoms with E-state index >= 15 is 0 Å². The van der Waals surface area contributed by atoms with Crippen LogP contribution in [0.5, 0.6) is 0 Å². The van der Waals surface area contributed by atoms with Gasteiger partial charge in [-0.2, -0.15) is 0 Å². The Morgan fingerprint density at radius 2 is 2.18 bits per heavy atom. The predicted molar refractivity (Wildman–Crippen MR) is 44.6 cm³/mol. The molecule has 2 atom stereocenters. The highest BCUT2D eigenvalue weighted by Gasteiger charge is 2.25. The van der Waals surface area contributed by atoms with Gasteiger partial charge in [-0.1, -0.05) is 0 Å². The molecule has 2 aliphatic rings. The molecule has 2 saturated heterocycles. The lowest BCUT2D eigenvalue weighted by atomic mass is 9.93. The Hall–Kier alpha value is -0.0800. The van der Waals surface area contributed by atoms with Crippen molar-refractivity contribution < 1.29 is 4.74 Å². The number of hydrogen-bond donors (Lipinski definition) is 1. The molecule has 2 heteroatoms. The summed E-state index contributed by atoms with van der Waals surface area (Å²) < 4.78 is 5.45. The van der Waals surface area contributed by atoms with Crippen molar-refractivity contribution in [3.8, 4) is 0 Å². The molecule has 64 valence electrons. The fourth-order valence-electron chi connectivity index (χ4n) is 2.20. The Kier molecular flexibility index (Phi) is 2.44. The molecule has 2 nitrogen and oxygen atoms in total. The molecule has 1 N–H and O–H groups in total. The van der Waals surface area contributed by atoms with Crippen molar-refractivity contribution in [3.05, 3.63) is 0 Å².